The summed E-state index contributed by atoms with van der Waals surface area (Å²) in [5.74, 6) is -0.337. The maximum atomic E-state index is 13.4. The fraction of sp³-hybridized carbons (Fsp3) is 0.500. The Labute approximate surface area is 151 Å². The first kappa shape index (κ1) is 18.3. The van der Waals surface area contributed by atoms with Gasteiger partial charge in [0.05, 0.1) is 25.4 Å². The highest BCUT2D eigenvalue weighted by Crippen LogP contribution is 2.24. The summed E-state index contributed by atoms with van der Waals surface area (Å²) < 4.78 is 26.3. The van der Waals surface area contributed by atoms with Crippen molar-refractivity contribution >= 4 is 6.09 Å². The molecule has 1 aliphatic heterocycles. The van der Waals surface area contributed by atoms with Crippen LogP contribution in [0.5, 0.6) is 0 Å². The Morgan fingerprint density at radius 2 is 2.12 bits per heavy atom. The number of benzene rings is 1. The Balaban J connectivity index is 1.75. The number of hydrogen-bond donors (Lipinski definition) is 0. The zero-order chi connectivity index (χ0) is 18.9. The van der Waals surface area contributed by atoms with Crippen molar-refractivity contribution in [2.24, 2.45) is 0 Å². The van der Waals surface area contributed by atoms with Crippen molar-refractivity contribution in [3.63, 3.8) is 0 Å². The van der Waals surface area contributed by atoms with Gasteiger partial charge < -0.3 is 14.4 Å². The van der Waals surface area contributed by atoms with Crippen molar-refractivity contribution in [1.29, 1.82) is 0 Å². The first-order valence-corrected chi connectivity index (χ1v) is 8.52. The maximum absolute atomic E-state index is 13.4. The minimum Gasteiger partial charge on any atom is -0.444 e. The molecule has 0 radical (unpaired) electrons. The average Bonchev–Trinajstić information content (AvgIpc) is 3.03. The van der Waals surface area contributed by atoms with Crippen LogP contribution in [-0.2, 0) is 9.47 Å². The molecule has 1 aliphatic rings. The van der Waals surface area contributed by atoms with Crippen LogP contribution in [0.3, 0.4) is 0 Å². The van der Waals surface area contributed by atoms with E-state index in [9.17, 15) is 9.18 Å². The summed E-state index contributed by atoms with van der Waals surface area (Å²) in [6, 6.07) is 6.15. The molecule has 1 saturated heterocycles. The molecule has 0 saturated carbocycles. The van der Waals surface area contributed by atoms with Gasteiger partial charge in [-0.2, -0.15) is 0 Å². The van der Waals surface area contributed by atoms with Gasteiger partial charge in [-0.1, -0.05) is 17.3 Å². The van der Waals surface area contributed by atoms with Crippen molar-refractivity contribution in [3.8, 4) is 11.3 Å². The predicted molar refractivity (Wildman–Crippen MR) is 92.8 cm³/mol. The number of carbonyl (C=O) groups is 1. The Kier molecular flexibility index (Phi) is 4.95. The molecule has 1 unspecified atom stereocenters. The lowest BCUT2D eigenvalue weighted by atomic mass is 10.2. The molecule has 1 aromatic heterocycles. The topological polar surface area (TPSA) is 69.5 Å². The molecule has 2 aromatic rings. The fourth-order valence-corrected chi connectivity index (χ4v) is 2.75. The molecule has 8 heteroatoms. The van der Waals surface area contributed by atoms with Crippen LogP contribution in [-0.4, -0.2) is 50.8 Å². The summed E-state index contributed by atoms with van der Waals surface area (Å²) in [7, 11) is 0. The summed E-state index contributed by atoms with van der Waals surface area (Å²) in [6.07, 6.45) is 0.636. The minimum absolute atomic E-state index is 0.178. The van der Waals surface area contributed by atoms with Crippen LogP contribution in [0, 0.1) is 5.82 Å². The average molecular weight is 362 g/mol. The number of aromatic nitrogens is 3. The van der Waals surface area contributed by atoms with Gasteiger partial charge in [0.15, 0.2) is 6.23 Å². The Hall–Kier alpha value is -2.48. The second kappa shape index (κ2) is 7.03. The summed E-state index contributed by atoms with van der Waals surface area (Å²) in [6.45, 7) is 8.11. The maximum Gasteiger partial charge on any atom is 0.410 e. The van der Waals surface area contributed by atoms with E-state index in [0.29, 0.717) is 24.3 Å². The Morgan fingerprint density at radius 3 is 2.81 bits per heavy atom. The van der Waals surface area contributed by atoms with E-state index in [0.717, 1.165) is 0 Å². The van der Waals surface area contributed by atoms with Gasteiger partial charge >= 0.3 is 6.09 Å². The normalized spacial score (nSPS) is 20.9. The Morgan fingerprint density at radius 1 is 1.35 bits per heavy atom. The van der Waals surface area contributed by atoms with Gasteiger partial charge in [0, 0.05) is 5.56 Å². The third-order valence-electron chi connectivity index (χ3n) is 3.82. The number of hydrogen-bond acceptors (Lipinski definition) is 5. The molecule has 7 nitrogen and oxygen atoms in total. The van der Waals surface area contributed by atoms with Gasteiger partial charge in [0.25, 0.3) is 0 Å². The van der Waals surface area contributed by atoms with Crippen molar-refractivity contribution in [2.75, 3.05) is 13.1 Å². The molecular weight excluding hydrogens is 339 g/mol. The second-order valence-corrected chi connectivity index (χ2v) is 7.38. The molecule has 2 heterocycles. The summed E-state index contributed by atoms with van der Waals surface area (Å²) in [4.78, 5) is 14.0. The molecule has 140 valence electrons. The number of rotatable bonds is 2. The van der Waals surface area contributed by atoms with Crippen LogP contribution in [0.1, 0.15) is 33.9 Å². The van der Waals surface area contributed by atoms with E-state index < -0.39 is 11.8 Å². The number of ether oxygens (including phenoxy) is 2. The SMILES string of the molecule is C[C@@H]1CN(C(=O)OC(C)(C)C)CC(n2cc(-c3cccc(F)c3)nn2)O1. The van der Waals surface area contributed by atoms with Crippen LogP contribution in [0.2, 0.25) is 0 Å². The van der Waals surface area contributed by atoms with Crippen LogP contribution in [0.15, 0.2) is 30.5 Å². The zero-order valence-electron chi connectivity index (χ0n) is 15.3. The summed E-state index contributed by atoms with van der Waals surface area (Å²) >= 11 is 0. The molecular formula is C18H23FN4O3. The van der Waals surface area contributed by atoms with Crippen LogP contribution in [0.25, 0.3) is 11.3 Å². The van der Waals surface area contributed by atoms with Gasteiger partial charge in [-0.25, -0.2) is 13.9 Å². The van der Waals surface area contributed by atoms with Gasteiger partial charge in [-0.3, -0.25) is 0 Å². The van der Waals surface area contributed by atoms with E-state index in [2.05, 4.69) is 10.3 Å². The number of carbonyl (C=O) groups excluding carboxylic acids is 1. The number of morpholine rings is 1. The second-order valence-electron chi connectivity index (χ2n) is 7.38. The van der Waals surface area contributed by atoms with E-state index >= 15 is 0 Å². The van der Waals surface area contributed by atoms with Crippen LogP contribution in [0.4, 0.5) is 9.18 Å². The van der Waals surface area contributed by atoms with Gasteiger partial charge in [0.1, 0.15) is 17.1 Å². The molecule has 1 amide bonds. The van der Waals surface area contributed by atoms with Crippen LogP contribution >= 0.6 is 0 Å². The number of nitrogens with zero attached hydrogens (tertiary/aromatic N) is 4. The molecule has 1 aromatic carbocycles. The van der Waals surface area contributed by atoms with E-state index in [1.165, 1.54) is 12.1 Å². The third kappa shape index (κ3) is 4.37. The first-order chi connectivity index (χ1) is 12.2. The van der Waals surface area contributed by atoms with Crippen molar-refractivity contribution in [3.05, 3.63) is 36.3 Å². The fourth-order valence-electron chi connectivity index (χ4n) is 2.75. The minimum atomic E-state index is -0.564. The van der Waals surface area contributed by atoms with Crippen molar-refractivity contribution in [1.82, 2.24) is 19.9 Å². The van der Waals surface area contributed by atoms with Crippen LogP contribution < -0.4 is 0 Å². The van der Waals surface area contributed by atoms with E-state index in [1.807, 2.05) is 27.7 Å². The molecule has 0 spiro atoms. The standard InChI is InChI=1S/C18H23FN4O3/c1-12-9-22(17(24)26-18(2,3)4)11-16(25-12)23-10-15(20-21-23)13-6-5-7-14(19)8-13/h5-8,10,12,16H,9,11H2,1-4H3/t12-,16?/m1/s1. The van der Waals surface area contributed by atoms with Gasteiger partial charge in [0.2, 0.25) is 0 Å². The monoisotopic (exact) mass is 362 g/mol. The molecule has 0 aliphatic carbocycles. The molecule has 26 heavy (non-hydrogen) atoms. The lowest BCUT2D eigenvalue weighted by Gasteiger charge is -2.37. The lowest BCUT2D eigenvalue weighted by Crippen LogP contribution is -2.49. The smallest absolute Gasteiger partial charge is 0.410 e. The lowest BCUT2D eigenvalue weighted by molar-refractivity contribution is -0.117. The van der Waals surface area contributed by atoms with E-state index in [1.54, 1.807) is 27.9 Å². The summed E-state index contributed by atoms with van der Waals surface area (Å²) in [5.41, 5.74) is 0.602. The highest BCUT2D eigenvalue weighted by Gasteiger charge is 2.32. The quantitative estimate of drug-likeness (QED) is 0.820. The van der Waals surface area contributed by atoms with Gasteiger partial charge in [-0.15, -0.1) is 5.10 Å². The summed E-state index contributed by atoms with van der Waals surface area (Å²) in [5, 5.41) is 8.18. The zero-order valence-corrected chi connectivity index (χ0v) is 15.3. The highest BCUT2D eigenvalue weighted by molar-refractivity contribution is 5.68. The largest absolute Gasteiger partial charge is 0.444 e. The predicted octanol–water partition coefficient (Wildman–Crippen LogP) is 3.24. The number of halogens is 1. The molecule has 2 atom stereocenters. The third-order valence-corrected chi connectivity index (χ3v) is 3.82. The molecule has 1 fully saturated rings. The highest BCUT2D eigenvalue weighted by atomic mass is 19.1. The molecule has 0 N–H and O–H groups in total. The first-order valence-electron chi connectivity index (χ1n) is 8.52. The Bertz CT molecular complexity index is 787. The van der Waals surface area contributed by atoms with E-state index in [-0.39, 0.29) is 18.0 Å². The van der Waals surface area contributed by atoms with E-state index in [4.69, 9.17) is 9.47 Å². The molecule has 0 bridgehead atoms. The van der Waals surface area contributed by atoms with Crippen molar-refractivity contribution in [2.45, 2.75) is 45.6 Å². The van der Waals surface area contributed by atoms with Gasteiger partial charge in [-0.05, 0) is 39.8 Å². The number of amides is 1. The molecule has 3 rings (SSSR count). The van der Waals surface area contributed by atoms with Crippen molar-refractivity contribution < 1.29 is 18.7 Å².